The number of hydrogen-bond donors (Lipinski definition) is 2. The van der Waals surface area contributed by atoms with Crippen molar-refractivity contribution in [2.75, 3.05) is 13.1 Å². The first-order chi connectivity index (χ1) is 23.4. The van der Waals surface area contributed by atoms with E-state index in [9.17, 15) is 19.5 Å². The lowest BCUT2D eigenvalue weighted by molar-refractivity contribution is -0.384. The maximum absolute atomic E-state index is 13.9. The van der Waals surface area contributed by atoms with Crippen LogP contribution in [-0.2, 0) is 9.36 Å². The zero-order valence-corrected chi connectivity index (χ0v) is 28.4. The van der Waals surface area contributed by atoms with E-state index in [1.165, 1.54) is 24.3 Å². The lowest BCUT2D eigenvalue weighted by atomic mass is 10.1. The second-order valence-electron chi connectivity index (χ2n) is 10.8. The van der Waals surface area contributed by atoms with Gasteiger partial charge in [0.2, 0.25) is 5.91 Å². The fraction of sp³-hybridized carbons (Fsp3) is 0.289. The van der Waals surface area contributed by atoms with Crippen LogP contribution in [0.2, 0.25) is 0 Å². The van der Waals surface area contributed by atoms with Crippen molar-refractivity contribution < 1.29 is 23.3 Å². The van der Waals surface area contributed by atoms with Gasteiger partial charge >= 0.3 is 7.75 Å². The molecule has 10 heteroatoms. The predicted molar refractivity (Wildman–Crippen MR) is 195 cm³/mol. The van der Waals surface area contributed by atoms with Crippen molar-refractivity contribution >= 4 is 30.1 Å². The third-order valence-corrected chi connectivity index (χ3v) is 8.43. The second-order valence-corrected chi connectivity index (χ2v) is 12.4. The number of nitrogens with one attached hydrogen (secondary N) is 2. The van der Waals surface area contributed by atoms with E-state index in [1.807, 2.05) is 30.3 Å². The number of carbonyl (C=O) groups excluding carboxylic acids is 1. The van der Waals surface area contributed by atoms with Gasteiger partial charge in [0, 0.05) is 37.0 Å². The van der Waals surface area contributed by atoms with Crippen molar-refractivity contribution in [1.29, 1.82) is 0 Å². The number of non-ortho nitro benzene ring substituents is 1. The van der Waals surface area contributed by atoms with Crippen LogP contribution in [0.3, 0.4) is 0 Å². The SMILES string of the molecule is CC/C=C\C/C=C\C/C=C\C/C=C\C/C=C\CCCC(=O)NCCNP(=O)(Oc1ccc([N+](=O)[O-])cc1)Oc1cccc2ccccc12. The van der Waals surface area contributed by atoms with Crippen LogP contribution in [0.25, 0.3) is 10.8 Å². The average Bonchev–Trinajstić information content (AvgIpc) is 3.08. The first-order valence-corrected chi connectivity index (χ1v) is 17.9. The maximum Gasteiger partial charge on any atom is 0.512 e. The summed E-state index contributed by atoms with van der Waals surface area (Å²) in [5, 5.41) is 18.3. The zero-order chi connectivity index (χ0) is 34.3. The van der Waals surface area contributed by atoms with E-state index in [4.69, 9.17) is 9.05 Å². The summed E-state index contributed by atoms with van der Waals surface area (Å²) in [5.74, 6) is 0.380. The molecule has 48 heavy (non-hydrogen) atoms. The Morgan fingerprint density at radius 1 is 0.771 bits per heavy atom. The highest BCUT2D eigenvalue weighted by molar-refractivity contribution is 7.52. The molecule has 9 nitrogen and oxygen atoms in total. The summed E-state index contributed by atoms with van der Waals surface area (Å²) in [5.41, 5.74) is -0.121. The van der Waals surface area contributed by atoms with E-state index in [0.29, 0.717) is 12.2 Å². The zero-order valence-electron chi connectivity index (χ0n) is 27.5. The number of nitro groups is 1. The van der Waals surface area contributed by atoms with Crippen LogP contribution in [0.4, 0.5) is 5.69 Å². The number of allylic oxidation sites excluding steroid dienone is 10. The fourth-order valence-corrected chi connectivity index (χ4v) is 5.86. The van der Waals surface area contributed by atoms with E-state index < -0.39 is 12.7 Å². The fourth-order valence-electron chi connectivity index (χ4n) is 4.49. The molecule has 3 aromatic rings. The van der Waals surface area contributed by atoms with E-state index in [2.05, 4.69) is 78.1 Å². The molecule has 0 aliphatic carbocycles. The number of carbonyl (C=O) groups is 1. The average molecular weight is 672 g/mol. The normalized spacial score (nSPS) is 13.3. The molecule has 0 saturated heterocycles. The van der Waals surface area contributed by atoms with Crippen LogP contribution in [0, 0.1) is 10.1 Å². The largest absolute Gasteiger partial charge is 0.512 e. The molecule has 1 atom stereocenters. The van der Waals surface area contributed by atoms with Gasteiger partial charge in [-0.1, -0.05) is 104 Å². The smallest absolute Gasteiger partial charge is 0.405 e. The molecule has 0 radical (unpaired) electrons. The van der Waals surface area contributed by atoms with Crippen LogP contribution < -0.4 is 19.5 Å². The minimum atomic E-state index is -4.02. The van der Waals surface area contributed by atoms with Gasteiger partial charge in [-0.3, -0.25) is 14.9 Å². The van der Waals surface area contributed by atoms with Crippen molar-refractivity contribution in [3.8, 4) is 11.5 Å². The summed E-state index contributed by atoms with van der Waals surface area (Å²) in [4.78, 5) is 22.9. The van der Waals surface area contributed by atoms with Gasteiger partial charge in [0.05, 0.1) is 4.92 Å². The second kappa shape index (κ2) is 22.0. The van der Waals surface area contributed by atoms with Crippen LogP contribution in [0.5, 0.6) is 11.5 Å². The molecule has 2 N–H and O–H groups in total. The van der Waals surface area contributed by atoms with Gasteiger partial charge in [0.1, 0.15) is 11.5 Å². The number of hydrogen-bond acceptors (Lipinski definition) is 6. The summed E-state index contributed by atoms with van der Waals surface area (Å²) >= 11 is 0. The molecule has 0 bridgehead atoms. The van der Waals surface area contributed by atoms with Crippen molar-refractivity contribution in [2.24, 2.45) is 0 Å². The summed E-state index contributed by atoms with van der Waals surface area (Å²) in [6.07, 6.45) is 28.3. The van der Waals surface area contributed by atoms with Crippen molar-refractivity contribution in [1.82, 2.24) is 10.4 Å². The molecular formula is C38H46N3O6P. The molecule has 0 aromatic heterocycles. The van der Waals surface area contributed by atoms with Crippen LogP contribution >= 0.6 is 7.75 Å². The van der Waals surface area contributed by atoms with Gasteiger partial charge in [0.15, 0.2) is 0 Å². The van der Waals surface area contributed by atoms with Gasteiger partial charge in [0.25, 0.3) is 5.69 Å². The minimum absolute atomic E-state index is 0.106. The lowest BCUT2D eigenvalue weighted by Gasteiger charge is -2.21. The Kier molecular flexibility index (Phi) is 17.3. The summed E-state index contributed by atoms with van der Waals surface area (Å²) < 4.78 is 25.5. The van der Waals surface area contributed by atoms with Crippen molar-refractivity contribution in [2.45, 2.75) is 58.3 Å². The molecule has 0 fully saturated rings. The molecular weight excluding hydrogens is 625 g/mol. The molecule has 0 aliphatic heterocycles. The van der Waals surface area contributed by atoms with E-state index in [0.717, 1.165) is 55.7 Å². The number of nitro benzene ring substituents is 1. The lowest BCUT2D eigenvalue weighted by Crippen LogP contribution is -2.32. The Morgan fingerprint density at radius 2 is 1.38 bits per heavy atom. The molecule has 3 rings (SSSR count). The third-order valence-electron chi connectivity index (χ3n) is 6.93. The monoisotopic (exact) mass is 671 g/mol. The number of unbranched alkanes of at least 4 members (excludes halogenated alkanes) is 1. The van der Waals surface area contributed by atoms with Crippen LogP contribution in [0.15, 0.2) is 127 Å². The highest BCUT2D eigenvalue weighted by Crippen LogP contribution is 2.46. The highest BCUT2D eigenvalue weighted by atomic mass is 31.2. The van der Waals surface area contributed by atoms with Gasteiger partial charge in [-0.2, -0.15) is 5.09 Å². The molecule has 1 unspecified atom stereocenters. The number of rotatable bonds is 22. The summed E-state index contributed by atoms with van der Waals surface area (Å²) in [6.45, 7) is 2.44. The Hall–Kier alpha value is -4.72. The maximum atomic E-state index is 13.9. The number of amides is 1. The molecule has 0 aliphatic rings. The third kappa shape index (κ3) is 14.8. The molecule has 0 saturated carbocycles. The summed E-state index contributed by atoms with van der Waals surface area (Å²) in [7, 11) is -4.02. The standard InChI is InChI=1S/C38H46N3O6P/c1-2-3-4-5-6-7-8-9-10-11-12-13-14-15-16-17-18-26-38(42)39-31-32-40-48(45,46-35-29-27-34(28-30-35)41(43)44)47-37-25-21-23-33-22-19-20-24-36(33)37/h3-4,6-7,9-10,12-13,15-16,19-25,27-30H,2,5,8,11,14,17-18,26,31-32H2,1H3,(H,39,42)(H,40,45)/b4-3-,7-6-,10-9-,13-12-,16-15-. The van der Waals surface area contributed by atoms with Crippen LogP contribution in [-0.4, -0.2) is 23.9 Å². The molecule has 254 valence electrons. The van der Waals surface area contributed by atoms with Gasteiger partial charge in [-0.05, 0) is 68.5 Å². The van der Waals surface area contributed by atoms with Gasteiger partial charge in [-0.15, -0.1) is 0 Å². The Balaban J connectivity index is 1.38. The summed E-state index contributed by atoms with van der Waals surface area (Å²) in [6, 6.07) is 18.1. The Labute approximate surface area is 283 Å². The first kappa shape index (κ1) is 37.7. The van der Waals surface area contributed by atoms with E-state index in [1.54, 1.807) is 12.1 Å². The number of nitrogens with zero attached hydrogens (tertiary/aromatic N) is 1. The van der Waals surface area contributed by atoms with Gasteiger partial charge < -0.3 is 14.4 Å². The van der Waals surface area contributed by atoms with E-state index >= 15 is 0 Å². The topological polar surface area (TPSA) is 120 Å². The molecule has 0 heterocycles. The molecule has 3 aromatic carbocycles. The molecule has 0 spiro atoms. The highest BCUT2D eigenvalue weighted by Gasteiger charge is 2.29. The van der Waals surface area contributed by atoms with Crippen molar-refractivity contribution in [3.63, 3.8) is 0 Å². The Bertz CT molecular complexity index is 1620. The number of fused-ring (bicyclic) bond motifs is 1. The quantitative estimate of drug-likeness (QED) is 0.0359. The first-order valence-electron chi connectivity index (χ1n) is 16.4. The molecule has 1 amide bonds. The minimum Gasteiger partial charge on any atom is -0.405 e. The van der Waals surface area contributed by atoms with Crippen molar-refractivity contribution in [3.05, 3.63) is 138 Å². The van der Waals surface area contributed by atoms with Gasteiger partial charge in [-0.25, -0.2) is 4.57 Å². The van der Waals surface area contributed by atoms with Crippen LogP contribution in [0.1, 0.15) is 58.3 Å². The Morgan fingerprint density at radius 3 is 2.02 bits per heavy atom. The van der Waals surface area contributed by atoms with E-state index in [-0.39, 0.29) is 30.4 Å². The number of benzene rings is 3. The predicted octanol–water partition coefficient (Wildman–Crippen LogP) is 9.94.